The van der Waals surface area contributed by atoms with E-state index < -0.39 is 0 Å². The first-order valence-electron chi connectivity index (χ1n) is 22.9. The zero-order valence-corrected chi connectivity index (χ0v) is 37.0. The number of benzene rings is 10. The summed E-state index contributed by atoms with van der Waals surface area (Å²) in [5, 5.41) is 6.57. The van der Waals surface area contributed by atoms with Crippen molar-refractivity contribution >= 4 is 43.5 Å². The second-order valence-corrected chi connectivity index (χ2v) is 17.1. The maximum absolute atomic E-state index is 6.67. The molecule has 0 atom stereocenters. The Morgan fingerprint density at radius 1 is 0.232 bits per heavy atom. The number of fused-ring (bicyclic) bond motifs is 5. The van der Waals surface area contributed by atoms with Crippen LogP contribution in [0.4, 0.5) is 0 Å². The second-order valence-electron chi connectivity index (χ2n) is 17.1. The Balaban J connectivity index is 0.935. The molecule has 0 spiro atoms. The fourth-order valence-electron chi connectivity index (χ4n) is 9.29. The van der Waals surface area contributed by atoms with E-state index in [9.17, 15) is 0 Å². The SMILES string of the molecule is c1ccc(-c2nc(-c3ccccc3)nc(-c3ccc(-c4cc(-c5cccc(-c6nc(-c7ccc8ccccc8c7)nc(-c7cccc8ccccc78)n6)c5)cc5c4oc4ccccc45)cc3)n2)cc1. The van der Waals surface area contributed by atoms with E-state index in [-0.39, 0.29) is 0 Å². The van der Waals surface area contributed by atoms with Crippen LogP contribution in [0, 0.1) is 0 Å². The van der Waals surface area contributed by atoms with Crippen molar-refractivity contribution in [2.24, 2.45) is 0 Å². The van der Waals surface area contributed by atoms with Gasteiger partial charge in [-0.3, -0.25) is 0 Å². The molecule has 3 heterocycles. The molecule has 0 aliphatic carbocycles. The van der Waals surface area contributed by atoms with Gasteiger partial charge in [-0.15, -0.1) is 0 Å². The average molecular weight is 883 g/mol. The third-order valence-corrected chi connectivity index (χ3v) is 12.8. The van der Waals surface area contributed by atoms with Crippen molar-refractivity contribution < 1.29 is 4.42 Å². The number of rotatable bonds is 8. The van der Waals surface area contributed by atoms with Crippen molar-refractivity contribution in [3.05, 3.63) is 231 Å². The van der Waals surface area contributed by atoms with Crippen molar-refractivity contribution in [1.82, 2.24) is 29.9 Å². The largest absolute Gasteiger partial charge is 0.455 e. The van der Waals surface area contributed by atoms with Gasteiger partial charge in [-0.05, 0) is 68.6 Å². The van der Waals surface area contributed by atoms with E-state index in [4.69, 9.17) is 34.3 Å². The van der Waals surface area contributed by atoms with E-state index in [1.807, 2.05) is 72.8 Å². The van der Waals surface area contributed by atoms with Crippen molar-refractivity contribution in [3.8, 4) is 90.6 Å². The van der Waals surface area contributed by atoms with Crippen molar-refractivity contribution in [2.45, 2.75) is 0 Å². The third-order valence-electron chi connectivity index (χ3n) is 12.8. The summed E-state index contributed by atoms with van der Waals surface area (Å²) in [5.74, 6) is 3.66. The van der Waals surface area contributed by atoms with E-state index in [2.05, 4.69) is 158 Å². The van der Waals surface area contributed by atoms with Crippen LogP contribution in [-0.4, -0.2) is 29.9 Å². The lowest BCUT2D eigenvalue weighted by molar-refractivity contribution is 0.670. The van der Waals surface area contributed by atoms with Gasteiger partial charge >= 0.3 is 0 Å². The maximum Gasteiger partial charge on any atom is 0.164 e. The van der Waals surface area contributed by atoms with Gasteiger partial charge < -0.3 is 4.42 Å². The van der Waals surface area contributed by atoms with E-state index in [0.29, 0.717) is 34.9 Å². The zero-order chi connectivity index (χ0) is 45.7. The molecule has 0 saturated carbocycles. The molecule has 13 aromatic rings. The van der Waals surface area contributed by atoms with Gasteiger partial charge in [0.2, 0.25) is 0 Å². The summed E-state index contributed by atoms with van der Waals surface area (Å²) < 4.78 is 6.67. The summed E-state index contributed by atoms with van der Waals surface area (Å²) in [4.78, 5) is 30.4. The Bertz CT molecular complexity index is 4010. The fraction of sp³-hybridized carbons (Fsp3) is 0. The summed E-state index contributed by atoms with van der Waals surface area (Å²) in [6.07, 6.45) is 0. The third kappa shape index (κ3) is 7.45. The van der Waals surface area contributed by atoms with Crippen LogP contribution in [-0.2, 0) is 0 Å². The second kappa shape index (κ2) is 16.8. The Morgan fingerprint density at radius 2 is 0.710 bits per heavy atom. The first-order chi connectivity index (χ1) is 34.1. The van der Waals surface area contributed by atoms with Crippen molar-refractivity contribution in [1.29, 1.82) is 0 Å². The first kappa shape index (κ1) is 39.9. The molecule has 0 aliphatic heterocycles. The normalized spacial score (nSPS) is 11.5. The Morgan fingerprint density at radius 3 is 1.42 bits per heavy atom. The minimum absolute atomic E-state index is 0.591. The van der Waals surface area contributed by atoms with Crippen LogP contribution in [0.15, 0.2) is 235 Å². The van der Waals surface area contributed by atoms with Crippen molar-refractivity contribution in [3.63, 3.8) is 0 Å². The molecule has 0 fully saturated rings. The molecule has 0 aliphatic rings. The lowest BCUT2D eigenvalue weighted by Crippen LogP contribution is -2.00. The van der Waals surface area contributed by atoms with Gasteiger partial charge in [0.25, 0.3) is 0 Å². The van der Waals surface area contributed by atoms with Crippen LogP contribution in [0.2, 0.25) is 0 Å². The van der Waals surface area contributed by atoms with Crippen LogP contribution in [0.1, 0.15) is 0 Å². The molecule has 0 amide bonds. The zero-order valence-electron chi connectivity index (χ0n) is 37.0. The molecule has 7 heteroatoms. The Labute approximate surface area is 397 Å². The number of hydrogen-bond acceptors (Lipinski definition) is 7. The van der Waals surface area contributed by atoms with Gasteiger partial charge in [-0.2, -0.15) is 0 Å². The Kier molecular flexibility index (Phi) is 9.68. The number of furan rings is 1. The summed E-state index contributed by atoms with van der Waals surface area (Å²) in [6.45, 7) is 0. The van der Waals surface area contributed by atoms with Crippen LogP contribution >= 0.6 is 0 Å². The van der Waals surface area contributed by atoms with E-state index >= 15 is 0 Å². The fourth-order valence-corrected chi connectivity index (χ4v) is 9.29. The van der Waals surface area contributed by atoms with Gasteiger partial charge in [0, 0.05) is 49.7 Å². The molecule has 0 N–H and O–H groups in total. The quantitative estimate of drug-likeness (QED) is 0.150. The lowest BCUT2D eigenvalue weighted by atomic mass is 9.94. The van der Waals surface area contributed by atoms with Crippen LogP contribution in [0.25, 0.3) is 134 Å². The van der Waals surface area contributed by atoms with E-state index in [1.165, 1.54) is 0 Å². The molecule has 0 unspecified atom stereocenters. The summed E-state index contributed by atoms with van der Waals surface area (Å²) in [7, 11) is 0. The van der Waals surface area contributed by atoms with Crippen LogP contribution in [0.5, 0.6) is 0 Å². The molecular formula is C62H38N6O. The lowest BCUT2D eigenvalue weighted by Gasteiger charge is -2.12. The van der Waals surface area contributed by atoms with E-state index in [1.54, 1.807) is 0 Å². The molecule has 3 aromatic heterocycles. The molecule has 0 radical (unpaired) electrons. The molecule has 322 valence electrons. The molecule has 69 heavy (non-hydrogen) atoms. The predicted molar refractivity (Wildman–Crippen MR) is 279 cm³/mol. The highest BCUT2D eigenvalue weighted by atomic mass is 16.3. The molecule has 7 nitrogen and oxygen atoms in total. The number of hydrogen-bond donors (Lipinski definition) is 0. The molecule has 0 saturated heterocycles. The minimum atomic E-state index is 0.591. The maximum atomic E-state index is 6.67. The summed E-state index contributed by atoms with van der Waals surface area (Å²) in [6, 6.07) is 79.0. The highest BCUT2D eigenvalue weighted by Gasteiger charge is 2.19. The molecular weight excluding hydrogens is 845 g/mol. The van der Waals surface area contributed by atoms with Crippen LogP contribution < -0.4 is 0 Å². The monoisotopic (exact) mass is 882 g/mol. The van der Waals surface area contributed by atoms with Gasteiger partial charge in [-0.1, -0.05) is 200 Å². The van der Waals surface area contributed by atoms with Crippen molar-refractivity contribution in [2.75, 3.05) is 0 Å². The minimum Gasteiger partial charge on any atom is -0.455 e. The smallest absolute Gasteiger partial charge is 0.164 e. The molecule has 0 bridgehead atoms. The topological polar surface area (TPSA) is 90.5 Å². The summed E-state index contributed by atoms with van der Waals surface area (Å²) in [5.41, 5.74) is 11.1. The molecule has 13 rings (SSSR count). The standard InChI is InChI=1S/C62H38N6O/c1-3-17-42(18-4-1)57-63-58(43-19-5-2-6-20-43)65-59(64-57)44-32-30-41(31-33-44)53-37-49(38-54-51-26-11-12-28-55(51)69-56(53)54)46-23-13-24-47(36-46)60-66-61(48-34-29-39-15-7-8-21-45(39)35-48)68-62(67-60)52-27-14-22-40-16-9-10-25-50(40)52/h1-38H. The van der Waals surface area contributed by atoms with Crippen LogP contribution in [0.3, 0.4) is 0 Å². The van der Waals surface area contributed by atoms with Gasteiger partial charge in [0.05, 0.1) is 0 Å². The van der Waals surface area contributed by atoms with Gasteiger partial charge in [0.1, 0.15) is 11.2 Å². The highest BCUT2D eigenvalue weighted by molar-refractivity contribution is 6.11. The van der Waals surface area contributed by atoms with E-state index in [0.717, 1.165) is 99.1 Å². The molecule has 10 aromatic carbocycles. The highest BCUT2D eigenvalue weighted by Crippen LogP contribution is 2.41. The number of aromatic nitrogens is 6. The summed E-state index contributed by atoms with van der Waals surface area (Å²) >= 11 is 0. The average Bonchev–Trinajstić information content (AvgIpc) is 3.81. The number of nitrogens with zero attached hydrogens (tertiary/aromatic N) is 6. The predicted octanol–water partition coefficient (Wildman–Crippen LogP) is 15.6. The Hall–Kier alpha value is -9.46. The van der Waals surface area contributed by atoms with Gasteiger partial charge in [0.15, 0.2) is 34.9 Å². The first-order valence-corrected chi connectivity index (χ1v) is 22.9. The number of para-hydroxylation sites is 1. The van der Waals surface area contributed by atoms with Gasteiger partial charge in [-0.25, -0.2) is 29.9 Å².